The molecule has 3 nitrogen and oxygen atoms in total. The van der Waals surface area contributed by atoms with Crippen LogP contribution in [0.1, 0.15) is 78.6 Å². The summed E-state index contributed by atoms with van der Waals surface area (Å²) in [4.78, 5) is 0. The quantitative estimate of drug-likeness (QED) is 0.656. The molecule has 158 valence electrons. The van der Waals surface area contributed by atoms with Crippen LogP contribution in [0, 0.1) is 40.4 Å². The van der Waals surface area contributed by atoms with Crippen LogP contribution in [0.15, 0.2) is 0 Å². The Bertz CT molecular complexity index is 515. The Labute approximate surface area is 172 Å². The Balaban J connectivity index is 0.00000210. The van der Waals surface area contributed by atoms with Crippen LogP contribution in [-0.4, -0.2) is 35.5 Å². The number of aliphatic hydroxyl groups excluding tert-OH is 2. The largest absolute Gasteiger partial charge is 0.395 e. The Morgan fingerprint density at radius 1 is 0.963 bits per heavy atom. The van der Waals surface area contributed by atoms with Gasteiger partial charge in [0.25, 0.3) is 0 Å². The Kier molecular flexibility index (Phi) is 6.58. The summed E-state index contributed by atoms with van der Waals surface area (Å²) in [5.74, 6) is 4.06. The smallest absolute Gasteiger partial charge is 0.0556 e. The van der Waals surface area contributed by atoms with Gasteiger partial charge in [0.15, 0.2) is 0 Å². The molecule has 4 aliphatic carbocycles. The number of halogens is 1. The molecule has 4 aliphatic rings. The lowest BCUT2D eigenvalue weighted by atomic mass is 9.44. The summed E-state index contributed by atoms with van der Waals surface area (Å²) in [5, 5.41) is 23.1. The zero-order chi connectivity index (χ0) is 18.5. The van der Waals surface area contributed by atoms with Crippen molar-refractivity contribution in [2.45, 2.75) is 90.7 Å². The first-order valence-electron chi connectivity index (χ1n) is 11.4. The zero-order valence-corrected chi connectivity index (χ0v) is 18.4. The van der Waals surface area contributed by atoms with Gasteiger partial charge in [0.2, 0.25) is 0 Å². The van der Waals surface area contributed by atoms with Crippen LogP contribution in [0.25, 0.3) is 0 Å². The molecular formula is C23H42ClNO2. The van der Waals surface area contributed by atoms with E-state index in [1.54, 1.807) is 0 Å². The van der Waals surface area contributed by atoms with Gasteiger partial charge in [-0.05, 0) is 105 Å². The van der Waals surface area contributed by atoms with Gasteiger partial charge in [-0.25, -0.2) is 0 Å². The normalized spacial score (nSPS) is 50.1. The van der Waals surface area contributed by atoms with E-state index >= 15 is 0 Å². The van der Waals surface area contributed by atoms with Crippen molar-refractivity contribution in [3.63, 3.8) is 0 Å². The first-order chi connectivity index (χ1) is 12.4. The van der Waals surface area contributed by atoms with Gasteiger partial charge >= 0.3 is 0 Å². The van der Waals surface area contributed by atoms with Gasteiger partial charge < -0.3 is 15.5 Å². The molecule has 0 spiro atoms. The fourth-order valence-corrected chi connectivity index (χ4v) is 8.55. The second kappa shape index (κ2) is 8.13. The Hall–Kier alpha value is 0.170. The molecule has 3 N–H and O–H groups in total. The van der Waals surface area contributed by atoms with E-state index in [2.05, 4.69) is 19.2 Å². The second-order valence-electron chi connectivity index (χ2n) is 10.8. The molecule has 4 rings (SSSR count). The van der Waals surface area contributed by atoms with Crippen LogP contribution in [0.4, 0.5) is 0 Å². The highest BCUT2D eigenvalue weighted by Gasteiger charge is 2.60. The van der Waals surface area contributed by atoms with Crippen LogP contribution in [0.3, 0.4) is 0 Å². The lowest BCUT2D eigenvalue weighted by Gasteiger charge is -2.61. The molecule has 0 amide bonds. The van der Waals surface area contributed by atoms with E-state index in [9.17, 15) is 5.11 Å². The summed E-state index contributed by atoms with van der Waals surface area (Å²) < 4.78 is 0. The lowest BCUT2D eigenvalue weighted by Crippen LogP contribution is -2.55. The van der Waals surface area contributed by atoms with Crippen molar-refractivity contribution in [3.05, 3.63) is 0 Å². The monoisotopic (exact) mass is 399 g/mol. The SMILES string of the molecule is C[C@H](O)[C@H]1CC[C@H]2[C@@H]3CC[C@H]4C[C@H](NCCO)CC[C@]4(C)[C@H]3CC[C@]12C.Cl. The highest BCUT2D eigenvalue weighted by molar-refractivity contribution is 5.85. The van der Waals surface area contributed by atoms with E-state index in [-0.39, 0.29) is 25.1 Å². The molecule has 0 radical (unpaired) electrons. The van der Waals surface area contributed by atoms with Crippen molar-refractivity contribution in [1.29, 1.82) is 0 Å². The number of hydrogen-bond acceptors (Lipinski definition) is 3. The highest BCUT2D eigenvalue weighted by atomic mass is 35.5. The molecule has 0 aromatic rings. The predicted molar refractivity (Wildman–Crippen MR) is 113 cm³/mol. The average Bonchev–Trinajstić information content (AvgIpc) is 2.97. The standard InChI is InChI=1S/C23H41NO2.ClH/c1-15(26)19-6-7-20-18-5-4-16-14-17(24-12-13-25)8-10-22(16,2)21(18)9-11-23(19,20)3;/h15-21,24-26H,4-14H2,1-3H3;1H/t15-,16-,17+,18-,19+,20-,21-,22-,23+;/m0./s1. The van der Waals surface area contributed by atoms with E-state index in [1.165, 1.54) is 57.8 Å². The Morgan fingerprint density at radius 2 is 1.67 bits per heavy atom. The maximum absolute atomic E-state index is 10.4. The molecular weight excluding hydrogens is 358 g/mol. The molecule has 0 aliphatic heterocycles. The van der Waals surface area contributed by atoms with Crippen molar-refractivity contribution in [2.24, 2.45) is 40.4 Å². The number of rotatable bonds is 4. The summed E-state index contributed by atoms with van der Waals surface area (Å²) in [7, 11) is 0. The Morgan fingerprint density at radius 3 is 2.37 bits per heavy atom. The number of fused-ring (bicyclic) bond motifs is 5. The summed E-state index contributed by atoms with van der Waals surface area (Å²) in [5.41, 5.74) is 0.920. The summed E-state index contributed by atoms with van der Waals surface area (Å²) in [6, 6.07) is 0.622. The van der Waals surface area contributed by atoms with Gasteiger partial charge in [-0.1, -0.05) is 13.8 Å². The molecule has 9 atom stereocenters. The van der Waals surface area contributed by atoms with Crippen molar-refractivity contribution in [1.82, 2.24) is 5.32 Å². The van der Waals surface area contributed by atoms with Crippen molar-refractivity contribution < 1.29 is 10.2 Å². The van der Waals surface area contributed by atoms with Gasteiger partial charge in [-0.2, -0.15) is 0 Å². The molecule has 4 heteroatoms. The van der Waals surface area contributed by atoms with E-state index in [4.69, 9.17) is 5.11 Å². The predicted octanol–water partition coefficient (Wildman–Crippen LogP) is 4.40. The molecule has 4 fully saturated rings. The van der Waals surface area contributed by atoms with Crippen molar-refractivity contribution in [3.8, 4) is 0 Å². The van der Waals surface area contributed by atoms with Crippen LogP contribution in [0.5, 0.6) is 0 Å². The molecule has 0 aromatic heterocycles. The highest BCUT2D eigenvalue weighted by Crippen LogP contribution is 2.67. The number of hydrogen-bond donors (Lipinski definition) is 3. The topological polar surface area (TPSA) is 52.5 Å². The van der Waals surface area contributed by atoms with Gasteiger partial charge in [0.1, 0.15) is 0 Å². The molecule has 0 aromatic carbocycles. The van der Waals surface area contributed by atoms with E-state index < -0.39 is 0 Å². The maximum Gasteiger partial charge on any atom is 0.0556 e. The van der Waals surface area contributed by atoms with Crippen LogP contribution >= 0.6 is 12.4 Å². The number of aliphatic hydroxyl groups is 2. The van der Waals surface area contributed by atoms with Gasteiger partial charge in [-0.15, -0.1) is 12.4 Å². The molecule has 0 bridgehead atoms. The van der Waals surface area contributed by atoms with Gasteiger partial charge in [0.05, 0.1) is 12.7 Å². The number of nitrogens with one attached hydrogen (secondary N) is 1. The summed E-state index contributed by atoms with van der Waals surface area (Å²) in [6.45, 7) is 8.18. The first kappa shape index (κ1) is 21.9. The molecule has 4 saturated carbocycles. The maximum atomic E-state index is 10.4. The minimum absolute atomic E-state index is 0. The fourth-order valence-electron chi connectivity index (χ4n) is 8.55. The van der Waals surface area contributed by atoms with Crippen LogP contribution in [0.2, 0.25) is 0 Å². The summed E-state index contributed by atoms with van der Waals surface area (Å²) >= 11 is 0. The third kappa shape index (κ3) is 3.49. The van der Waals surface area contributed by atoms with Gasteiger partial charge in [0, 0.05) is 12.6 Å². The van der Waals surface area contributed by atoms with Crippen LogP contribution in [-0.2, 0) is 0 Å². The minimum atomic E-state index is -0.137. The molecule has 0 saturated heterocycles. The first-order valence-corrected chi connectivity index (χ1v) is 11.4. The third-order valence-corrected chi connectivity index (χ3v) is 9.87. The zero-order valence-electron chi connectivity index (χ0n) is 17.6. The van der Waals surface area contributed by atoms with Gasteiger partial charge in [-0.3, -0.25) is 0 Å². The third-order valence-electron chi connectivity index (χ3n) is 9.87. The average molecular weight is 400 g/mol. The van der Waals surface area contributed by atoms with Crippen LogP contribution < -0.4 is 5.32 Å². The second-order valence-corrected chi connectivity index (χ2v) is 10.8. The lowest BCUT2D eigenvalue weighted by molar-refractivity contribution is -0.121. The van der Waals surface area contributed by atoms with Crippen molar-refractivity contribution in [2.75, 3.05) is 13.2 Å². The van der Waals surface area contributed by atoms with E-state index in [1.807, 2.05) is 6.92 Å². The van der Waals surface area contributed by atoms with Crippen molar-refractivity contribution >= 4 is 12.4 Å². The molecule has 27 heavy (non-hydrogen) atoms. The molecule has 0 heterocycles. The van der Waals surface area contributed by atoms with E-state index in [0.29, 0.717) is 22.8 Å². The minimum Gasteiger partial charge on any atom is -0.395 e. The summed E-state index contributed by atoms with van der Waals surface area (Å²) in [6.07, 6.45) is 12.0. The van der Waals surface area contributed by atoms with E-state index in [0.717, 1.165) is 30.2 Å². The molecule has 0 unspecified atom stereocenters. The fraction of sp³-hybridized carbons (Fsp3) is 1.00.